The van der Waals surface area contributed by atoms with Crippen LogP contribution < -0.4 is 15.4 Å². The molecule has 0 fully saturated rings. The van der Waals surface area contributed by atoms with Crippen molar-refractivity contribution in [3.05, 3.63) is 65.7 Å². The minimum atomic E-state index is 0. The Bertz CT molecular complexity index is 633. The molecule has 5 nitrogen and oxygen atoms in total. The summed E-state index contributed by atoms with van der Waals surface area (Å²) in [6.45, 7) is 5.46. The highest BCUT2D eigenvalue weighted by Gasteiger charge is 1.99. The summed E-state index contributed by atoms with van der Waals surface area (Å²) in [5.41, 5.74) is 2.30. The summed E-state index contributed by atoms with van der Waals surface area (Å²) in [6.07, 6.45) is 0. The van der Waals surface area contributed by atoms with Gasteiger partial charge in [-0.2, -0.15) is 0 Å². The third-order valence-electron chi connectivity index (χ3n) is 3.53. The molecule has 142 valence electrons. The largest absolute Gasteiger partial charge is 0.489 e. The molecule has 2 aromatic rings. The molecule has 0 aliphatic rings. The molecule has 0 aliphatic heterocycles. The van der Waals surface area contributed by atoms with Gasteiger partial charge in [0.15, 0.2) is 5.96 Å². The van der Waals surface area contributed by atoms with Crippen molar-refractivity contribution < 1.29 is 9.47 Å². The number of ether oxygens (including phenoxy) is 2. The smallest absolute Gasteiger partial charge is 0.191 e. The first kappa shape index (κ1) is 22.2. The number of benzene rings is 2. The number of nitrogens with zero attached hydrogens (tertiary/aromatic N) is 1. The van der Waals surface area contributed by atoms with E-state index in [2.05, 4.69) is 46.8 Å². The molecule has 2 N–H and O–H groups in total. The molecule has 0 unspecified atom stereocenters. The number of aliphatic imine (C=N–C) groups is 1. The first-order chi connectivity index (χ1) is 12.3. The van der Waals surface area contributed by atoms with Crippen LogP contribution in [0.5, 0.6) is 5.75 Å². The van der Waals surface area contributed by atoms with E-state index in [1.165, 1.54) is 0 Å². The summed E-state index contributed by atoms with van der Waals surface area (Å²) >= 11 is 0. The zero-order valence-corrected chi connectivity index (χ0v) is 17.7. The molecular formula is C20H28IN3O2. The SMILES string of the molecule is CCNC(=NCc1ccc(COc2ccccc2)cc1)NCCOC.I. The van der Waals surface area contributed by atoms with Crippen LogP contribution in [0.3, 0.4) is 0 Å². The quantitative estimate of drug-likeness (QED) is 0.255. The second kappa shape index (κ2) is 13.4. The van der Waals surface area contributed by atoms with Crippen LogP contribution in [0.2, 0.25) is 0 Å². The van der Waals surface area contributed by atoms with E-state index in [4.69, 9.17) is 9.47 Å². The third kappa shape index (κ3) is 8.53. The maximum atomic E-state index is 5.76. The Labute approximate surface area is 173 Å². The summed E-state index contributed by atoms with van der Waals surface area (Å²) in [6, 6.07) is 18.2. The average molecular weight is 469 g/mol. The van der Waals surface area contributed by atoms with E-state index in [9.17, 15) is 0 Å². The van der Waals surface area contributed by atoms with Gasteiger partial charge in [-0.05, 0) is 30.2 Å². The Morgan fingerprint density at radius 2 is 1.65 bits per heavy atom. The van der Waals surface area contributed by atoms with Crippen LogP contribution in [0.1, 0.15) is 18.1 Å². The van der Waals surface area contributed by atoms with Gasteiger partial charge in [0, 0.05) is 20.2 Å². The monoisotopic (exact) mass is 469 g/mol. The Balaban J connectivity index is 0.00000338. The van der Waals surface area contributed by atoms with Crippen molar-refractivity contribution in [1.29, 1.82) is 0 Å². The Hall–Kier alpha value is -1.80. The normalized spacial score (nSPS) is 10.8. The lowest BCUT2D eigenvalue weighted by atomic mass is 10.1. The van der Waals surface area contributed by atoms with E-state index < -0.39 is 0 Å². The summed E-state index contributed by atoms with van der Waals surface area (Å²) in [7, 11) is 1.69. The minimum absolute atomic E-state index is 0. The highest BCUT2D eigenvalue weighted by atomic mass is 127. The molecular weight excluding hydrogens is 441 g/mol. The summed E-state index contributed by atoms with van der Waals surface area (Å²) in [5.74, 6) is 1.68. The van der Waals surface area contributed by atoms with Gasteiger partial charge in [0.1, 0.15) is 12.4 Å². The number of para-hydroxylation sites is 1. The van der Waals surface area contributed by atoms with Crippen LogP contribution >= 0.6 is 24.0 Å². The van der Waals surface area contributed by atoms with Crippen molar-refractivity contribution >= 4 is 29.9 Å². The number of halogens is 1. The zero-order chi connectivity index (χ0) is 17.7. The van der Waals surface area contributed by atoms with Gasteiger partial charge < -0.3 is 20.1 Å². The van der Waals surface area contributed by atoms with E-state index in [1.54, 1.807) is 7.11 Å². The van der Waals surface area contributed by atoms with Crippen LogP contribution in [-0.2, 0) is 17.9 Å². The van der Waals surface area contributed by atoms with Crippen molar-refractivity contribution in [1.82, 2.24) is 10.6 Å². The zero-order valence-electron chi connectivity index (χ0n) is 15.4. The number of rotatable bonds is 9. The predicted octanol–water partition coefficient (Wildman–Crippen LogP) is 3.59. The second-order valence-electron chi connectivity index (χ2n) is 5.53. The lowest BCUT2D eigenvalue weighted by Crippen LogP contribution is -2.38. The number of guanidine groups is 1. The molecule has 2 aromatic carbocycles. The minimum Gasteiger partial charge on any atom is -0.489 e. The molecule has 0 saturated carbocycles. The number of methoxy groups -OCH3 is 1. The molecule has 0 radical (unpaired) electrons. The van der Waals surface area contributed by atoms with Crippen LogP contribution in [0.4, 0.5) is 0 Å². The van der Waals surface area contributed by atoms with Gasteiger partial charge in [0.25, 0.3) is 0 Å². The van der Waals surface area contributed by atoms with Gasteiger partial charge >= 0.3 is 0 Å². The maximum absolute atomic E-state index is 5.76. The molecule has 2 rings (SSSR count). The summed E-state index contributed by atoms with van der Waals surface area (Å²) < 4.78 is 10.8. The van der Waals surface area contributed by atoms with Crippen molar-refractivity contribution in [3.8, 4) is 5.75 Å². The van der Waals surface area contributed by atoms with Gasteiger partial charge in [0.05, 0.1) is 13.2 Å². The lowest BCUT2D eigenvalue weighted by Gasteiger charge is -2.11. The molecule has 0 aromatic heterocycles. The molecule has 0 atom stereocenters. The van der Waals surface area contributed by atoms with E-state index >= 15 is 0 Å². The molecule has 0 saturated heterocycles. The second-order valence-corrected chi connectivity index (χ2v) is 5.53. The summed E-state index contributed by atoms with van der Waals surface area (Å²) in [4.78, 5) is 4.59. The van der Waals surface area contributed by atoms with Gasteiger partial charge in [0.2, 0.25) is 0 Å². The van der Waals surface area contributed by atoms with Gasteiger partial charge in [-0.15, -0.1) is 24.0 Å². The first-order valence-corrected chi connectivity index (χ1v) is 8.58. The molecule has 0 spiro atoms. The lowest BCUT2D eigenvalue weighted by molar-refractivity contribution is 0.203. The number of hydrogen-bond acceptors (Lipinski definition) is 3. The molecule has 0 bridgehead atoms. The fraction of sp³-hybridized carbons (Fsp3) is 0.350. The van der Waals surface area contributed by atoms with Gasteiger partial charge in [-0.25, -0.2) is 4.99 Å². The standard InChI is InChI=1S/C20H27N3O2.HI/c1-3-21-20(22-13-14-24-2)23-15-17-9-11-18(12-10-17)16-25-19-7-5-4-6-8-19;/h4-12H,3,13-16H2,1-2H3,(H2,21,22,23);1H. The van der Waals surface area contributed by atoms with E-state index in [1.807, 2.05) is 30.3 Å². The molecule has 26 heavy (non-hydrogen) atoms. The fourth-order valence-electron chi connectivity index (χ4n) is 2.21. The van der Waals surface area contributed by atoms with Crippen molar-refractivity contribution in [2.45, 2.75) is 20.1 Å². The third-order valence-corrected chi connectivity index (χ3v) is 3.53. The predicted molar refractivity (Wildman–Crippen MR) is 117 cm³/mol. The first-order valence-electron chi connectivity index (χ1n) is 8.58. The Morgan fingerprint density at radius 3 is 2.31 bits per heavy atom. The van der Waals surface area contributed by atoms with E-state index in [-0.39, 0.29) is 24.0 Å². The summed E-state index contributed by atoms with van der Waals surface area (Å²) in [5, 5.41) is 6.46. The van der Waals surface area contributed by atoms with E-state index in [0.717, 1.165) is 35.9 Å². The highest BCUT2D eigenvalue weighted by molar-refractivity contribution is 14.0. The molecule has 0 aliphatic carbocycles. The van der Waals surface area contributed by atoms with E-state index in [0.29, 0.717) is 19.8 Å². The van der Waals surface area contributed by atoms with Crippen LogP contribution in [0.15, 0.2) is 59.6 Å². The Morgan fingerprint density at radius 1 is 0.962 bits per heavy atom. The maximum Gasteiger partial charge on any atom is 0.191 e. The Kier molecular flexibility index (Phi) is 11.5. The van der Waals surface area contributed by atoms with Gasteiger partial charge in [-0.3, -0.25) is 0 Å². The van der Waals surface area contributed by atoms with Crippen molar-refractivity contribution in [3.63, 3.8) is 0 Å². The molecule has 0 amide bonds. The average Bonchev–Trinajstić information content (AvgIpc) is 2.66. The topological polar surface area (TPSA) is 54.9 Å². The van der Waals surface area contributed by atoms with Crippen LogP contribution in [0.25, 0.3) is 0 Å². The fourth-order valence-corrected chi connectivity index (χ4v) is 2.21. The van der Waals surface area contributed by atoms with Crippen molar-refractivity contribution in [2.75, 3.05) is 26.8 Å². The molecule has 6 heteroatoms. The highest BCUT2D eigenvalue weighted by Crippen LogP contribution is 2.12. The van der Waals surface area contributed by atoms with Crippen LogP contribution in [0, 0.1) is 0 Å². The number of hydrogen-bond donors (Lipinski definition) is 2. The van der Waals surface area contributed by atoms with Crippen LogP contribution in [-0.4, -0.2) is 32.8 Å². The molecule has 0 heterocycles. The number of nitrogens with one attached hydrogen (secondary N) is 2. The van der Waals surface area contributed by atoms with Crippen molar-refractivity contribution in [2.24, 2.45) is 4.99 Å². The van der Waals surface area contributed by atoms with Gasteiger partial charge in [-0.1, -0.05) is 42.5 Å².